The van der Waals surface area contributed by atoms with Gasteiger partial charge in [0.05, 0.1) is 13.1 Å². The van der Waals surface area contributed by atoms with E-state index in [0.717, 1.165) is 24.5 Å². The Morgan fingerprint density at radius 2 is 1.96 bits per heavy atom. The molecular weight excluding hydrogens is 314 g/mol. The third-order valence-corrected chi connectivity index (χ3v) is 5.64. The fraction of sp³-hybridized carbons (Fsp3) is 0.526. The topological polar surface area (TPSA) is 63.1 Å². The summed E-state index contributed by atoms with van der Waals surface area (Å²) in [7, 11) is 1.98. The number of hydrogen-bond acceptors (Lipinski definition) is 4. The number of nitrogens with zero attached hydrogens (tertiary/aromatic N) is 4. The Morgan fingerprint density at radius 1 is 1.28 bits per heavy atom. The van der Waals surface area contributed by atoms with Crippen LogP contribution in [0.1, 0.15) is 29.7 Å². The number of aryl methyl sites for hydroxylation is 1. The van der Waals surface area contributed by atoms with Crippen LogP contribution in [0.4, 0.5) is 0 Å². The Labute approximate surface area is 148 Å². The van der Waals surface area contributed by atoms with Gasteiger partial charge in [-0.25, -0.2) is 0 Å². The predicted octanol–water partition coefficient (Wildman–Crippen LogP) is 1.32. The zero-order chi connectivity index (χ0) is 17.6. The molecule has 1 atom stereocenters. The maximum Gasteiger partial charge on any atom is 0.239 e. The minimum atomic E-state index is -0.172. The molecule has 6 heteroatoms. The van der Waals surface area contributed by atoms with Gasteiger partial charge < -0.3 is 9.88 Å². The minimum Gasteiger partial charge on any atom is -0.354 e. The molecule has 2 heterocycles. The van der Waals surface area contributed by atoms with Crippen LogP contribution in [0.15, 0.2) is 24.3 Å². The molecule has 2 aromatic rings. The first-order chi connectivity index (χ1) is 12.0. The molecule has 0 saturated heterocycles. The highest BCUT2D eigenvalue weighted by Gasteiger charge is 2.35. The number of fused-ring (bicyclic) bond motifs is 2. The van der Waals surface area contributed by atoms with E-state index in [-0.39, 0.29) is 17.4 Å². The molecule has 0 radical (unpaired) electrons. The predicted molar refractivity (Wildman–Crippen MR) is 95.0 cm³/mol. The molecule has 1 aliphatic heterocycles. The highest BCUT2D eigenvalue weighted by atomic mass is 16.2. The second-order valence-electron chi connectivity index (χ2n) is 7.86. The van der Waals surface area contributed by atoms with Gasteiger partial charge in [0.25, 0.3) is 0 Å². The average molecular weight is 339 g/mol. The lowest BCUT2D eigenvalue weighted by Gasteiger charge is -2.33. The molecule has 132 valence electrons. The van der Waals surface area contributed by atoms with Gasteiger partial charge in [-0.1, -0.05) is 31.2 Å². The molecule has 1 aromatic carbocycles. The number of aromatic nitrogens is 3. The largest absolute Gasteiger partial charge is 0.354 e. The van der Waals surface area contributed by atoms with Crippen molar-refractivity contribution in [3.63, 3.8) is 0 Å². The number of carbonyl (C=O) groups excluding carboxylic acids is 1. The molecule has 1 aromatic heterocycles. The summed E-state index contributed by atoms with van der Waals surface area (Å²) in [5, 5.41) is 11.5. The third-order valence-electron chi connectivity index (χ3n) is 5.64. The number of hydrogen-bond donors (Lipinski definition) is 1. The van der Waals surface area contributed by atoms with Crippen LogP contribution in [0, 0.1) is 12.3 Å². The molecule has 2 aliphatic rings. The monoisotopic (exact) mass is 339 g/mol. The van der Waals surface area contributed by atoms with Crippen molar-refractivity contribution in [2.75, 3.05) is 13.6 Å². The lowest BCUT2D eigenvalue weighted by Crippen LogP contribution is -2.52. The van der Waals surface area contributed by atoms with E-state index >= 15 is 0 Å². The van der Waals surface area contributed by atoms with Crippen LogP contribution in [-0.4, -0.2) is 45.2 Å². The molecular formula is C19H25N5O. The van der Waals surface area contributed by atoms with E-state index in [0.29, 0.717) is 19.6 Å². The summed E-state index contributed by atoms with van der Waals surface area (Å²) in [4.78, 5) is 14.9. The van der Waals surface area contributed by atoms with Gasteiger partial charge in [0.1, 0.15) is 17.7 Å². The summed E-state index contributed by atoms with van der Waals surface area (Å²) in [6.45, 7) is 6.18. The maximum absolute atomic E-state index is 12.8. The van der Waals surface area contributed by atoms with Gasteiger partial charge in [-0.3, -0.25) is 9.69 Å². The van der Waals surface area contributed by atoms with Crippen LogP contribution < -0.4 is 5.32 Å². The van der Waals surface area contributed by atoms with E-state index in [4.69, 9.17) is 0 Å². The Hall–Kier alpha value is -2.21. The lowest BCUT2D eigenvalue weighted by molar-refractivity contribution is -0.127. The van der Waals surface area contributed by atoms with Gasteiger partial charge in [0.2, 0.25) is 5.91 Å². The van der Waals surface area contributed by atoms with Crippen molar-refractivity contribution in [1.29, 1.82) is 0 Å². The molecule has 25 heavy (non-hydrogen) atoms. The quantitative estimate of drug-likeness (QED) is 0.916. The van der Waals surface area contributed by atoms with Gasteiger partial charge in [0, 0.05) is 6.54 Å². The van der Waals surface area contributed by atoms with Crippen LogP contribution in [0.25, 0.3) is 0 Å². The highest BCUT2D eigenvalue weighted by molar-refractivity contribution is 5.81. The minimum absolute atomic E-state index is 0.0958. The van der Waals surface area contributed by atoms with Crippen molar-refractivity contribution >= 4 is 5.91 Å². The number of rotatable bonds is 3. The molecule has 6 nitrogen and oxygen atoms in total. The van der Waals surface area contributed by atoms with Crippen molar-refractivity contribution in [3.05, 3.63) is 47.0 Å². The van der Waals surface area contributed by atoms with Crippen molar-refractivity contribution in [3.8, 4) is 0 Å². The zero-order valence-corrected chi connectivity index (χ0v) is 15.1. The third kappa shape index (κ3) is 2.95. The molecule has 1 aliphatic carbocycles. The molecule has 1 unspecified atom stereocenters. The van der Waals surface area contributed by atoms with Gasteiger partial charge in [-0.05, 0) is 43.4 Å². The lowest BCUT2D eigenvalue weighted by atomic mass is 9.87. The first-order valence-corrected chi connectivity index (χ1v) is 8.89. The van der Waals surface area contributed by atoms with Crippen molar-refractivity contribution < 1.29 is 4.79 Å². The Bertz CT molecular complexity index is 787. The second-order valence-corrected chi connectivity index (χ2v) is 7.86. The first kappa shape index (κ1) is 16.3. The molecule has 0 spiro atoms. The Morgan fingerprint density at radius 3 is 2.64 bits per heavy atom. The number of amides is 1. The van der Waals surface area contributed by atoms with Crippen molar-refractivity contribution in [1.82, 2.24) is 25.0 Å². The molecule has 0 fully saturated rings. The van der Waals surface area contributed by atoms with Crippen LogP contribution in [0.5, 0.6) is 0 Å². The molecule has 0 bridgehead atoms. The average Bonchev–Trinajstić information content (AvgIpc) is 3.11. The Kier molecular flexibility index (Phi) is 3.87. The number of nitrogens with one attached hydrogen (secondary N) is 1. The number of benzene rings is 1. The van der Waals surface area contributed by atoms with Crippen LogP contribution in [-0.2, 0) is 30.7 Å². The van der Waals surface area contributed by atoms with Gasteiger partial charge in [-0.15, -0.1) is 10.2 Å². The Balaban J connectivity index is 1.41. The van der Waals surface area contributed by atoms with Crippen molar-refractivity contribution in [2.24, 2.45) is 5.41 Å². The van der Waals surface area contributed by atoms with E-state index in [2.05, 4.69) is 56.2 Å². The number of likely N-dealkylation sites (N-methyl/N-ethyl adjacent to an activating group) is 1. The summed E-state index contributed by atoms with van der Waals surface area (Å²) in [6.07, 6.45) is 2.05. The van der Waals surface area contributed by atoms with Crippen LogP contribution in [0.3, 0.4) is 0 Å². The smallest absolute Gasteiger partial charge is 0.239 e. The SMILES string of the molecule is Cc1nnc2n1CC(C(=O)NCC1(C)Cc3ccccc3C1)N(C)C2. The zero-order valence-electron chi connectivity index (χ0n) is 15.1. The summed E-state index contributed by atoms with van der Waals surface area (Å²) in [5.41, 5.74) is 2.93. The first-order valence-electron chi connectivity index (χ1n) is 8.89. The standard InChI is InChI=1S/C19H25N5O/c1-13-21-22-17-11-23(3)16(10-24(13)17)18(25)20-12-19(2)8-14-6-4-5-7-15(14)9-19/h4-7,16H,8-12H2,1-3H3,(H,20,25). The fourth-order valence-corrected chi connectivity index (χ4v) is 4.14. The molecule has 1 N–H and O–H groups in total. The van der Waals surface area contributed by atoms with E-state index in [1.54, 1.807) is 0 Å². The highest BCUT2D eigenvalue weighted by Crippen LogP contribution is 2.36. The van der Waals surface area contributed by atoms with Crippen molar-refractivity contribution in [2.45, 2.75) is 45.8 Å². The normalized spacial score (nSPS) is 21.6. The van der Waals surface area contributed by atoms with Gasteiger partial charge in [0.15, 0.2) is 0 Å². The van der Waals surface area contributed by atoms with E-state index in [1.807, 2.05) is 14.0 Å². The molecule has 1 amide bonds. The second kappa shape index (κ2) is 5.95. The molecule has 4 rings (SSSR count). The maximum atomic E-state index is 12.8. The summed E-state index contributed by atoms with van der Waals surface area (Å²) in [6, 6.07) is 8.43. The van der Waals surface area contributed by atoms with Crippen LogP contribution >= 0.6 is 0 Å². The van der Waals surface area contributed by atoms with Gasteiger partial charge >= 0.3 is 0 Å². The summed E-state index contributed by atoms with van der Waals surface area (Å²) in [5.74, 6) is 1.90. The van der Waals surface area contributed by atoms with E-state index < -0.39 is 0 Å². The molecule has 0 saturated carbocycles. The van der Waals surface area contributed by atoms with E-state index in [1.165, 1.54) is 11.1 Å². The number of carbonyl (C=O) groups is 1. The van der Waals surface area contributed by atoms with Gasteiger partial charge in [-0.2, -0.15) is 0 Å². The van der Waals surface area contributed by atoms with E-state index in [9.17, 15) is 4.79 Å². The summed E-state index contributed by atoms with van der Waals surface area (Å²) < 4.78 is 2.05. The summed E-state index contributed by atoms with van der Waals surface area (Å²) >= 11 is 0. The van der Waals surface area contributed by atoms with Crippen LogP contribution in [0.2, 0.25) is 0 Å². The fourth-order valence-electron chi connectivity index (χ4n) is 4.14.